The second-order valence-electron chi connectivity index (χ2n) is 8.91. The Morgan fingerprint density at radius 2 is 1.65 bits per heavy atom. The molecule has 1 saturated heterocycles. The zero-order valence-electron chi connectivity index (χ0n) is 18.3. The van der Waals surface area contributed by atoms with Crippen molar-refractivity contribution in [2.24, 2.45) is 5.92 Å². The number of piperazine rings is 1. The zero-order valence-corrected chi connectivity index (χ0v) is 18.3. The lowest BCUT2D eigenvalue weighted by atomic mass is 9.88. The summed E-state index contributed by atoms with van der Waals surface area (Å²) in [5.74, 6) is 1.37. The Morgan fingerprint density at radius 3 is 2.39 bits per heavy atom. The Kier molecular flexibility index (Phi) is 5.58. The van der Waals surface area contributed by atoms with Crippen molar-refractivity contribution in [2.45, 2.75) is 39.0 Å². The SMILES string of the molecule is Cc1ccc2nc(N3CCN(C(=O)C4CCCCC4)CC3)nc(-c3ccccc3)c2c1. The van der Waals surface area contributed by atoms with Gasteiger partial charge in [-0.05, 0) is 31.9 Å². The Morgan fingerprint density at radius 1 is 0.903 bits per heavy atom. The third kappa shape index (κ3) is 4.14. The first kappa shape index (κ1) is 20.0. The van der Waals surface area contributed by atoms with Crippen molar-refractivity contribution >= 4 is 22.8 Å². The molecule has 0 N–H and O–H groups in total. The van der Waals surface area contributed by atoms with Gasteiger partial charge in [-0.25, -0.2) is 9.97 Å². The number of carbonyl (C=O) groups is 1. The van der Waals surface area contributed by atoms with E-state index in [1.54, 1.807) is 0 Å². The normalized spacial score (nSPS) is 17.8. The summed E-state index contributed by atoms with van der Waals surface area (Å²) in [7, 11) is 0. The van der Waals surface area contributed by atoms with E-state index in [1.165, 1.54) is 24.8 Å². The number of benzene rings is 2. The third-order valence-corrected chi connectivity index (χ3v) is 6.72. The maximum atomic E-state index is 12.9. The van der Waals surface area contributed by atoms with Gasteiger partial charge in [-0.2, -0.15) is 0 Å². The van der Waals surface area contributed by atoms with Gasteiger partial charge in [0, 0.05) is 43.0 Å². The second kappa shape index (κ2) is 8.66. The van der Waals surface area contributed by atoms with Crippen molar-refractivity contribution in [1.82, 2.24) is 14.9 Å². The first-order chi connectivity index (χ1) is 15.2. The molecule has 0 atom stereocenters. The summed E-state index contributed by atoms with van der Waals surface area (Å²) < 4.78 is 0. The van der Waals surface area contributed by atoms with Crippen molar-refractivity contribution in [3.63, 3.8) is 0 Å². The van der Waals surface area contributed by atoms with Crippen molar-refractivity contribution in [2.75, 3.05) is 31.1 Å². The lowest BCUT2D eigenvalue weighted by Gasteiger charge is -2.37. The van der Waals surface area contributed by atoms with E-state index in [0.717, 1.165) is 67.1 Å². The van der Waals surface area contributed by atoms with Gasteiger partial charge in [-0.15, -0.1) is 0 Å². The number of carbonyl (C=O) groups excluding carboxylic acids is 1. The van der Waals surface area contributed by atoms with E-state index in [4.69, 9.17) is 9.97 Å². The zero-order chi connectivity index (χ0) is 21.2. The highest BCUT2D eigenvalue weighted by Crippen LogP contribution is 2.30. The van der Waals surface area contributed by atoms with Crippen LogP contribution in [0.4, 0.5) is 5.95 Å². The van der Waals surface area contributed by atoms with Gasteiger partial charge in [0.25, 0.3) is 0 Å². The molecule has 1 saturated carbocycles. The molecule has 31 heavy (non-hydrogen) atoms. The third-order valence-electron chi connectivity index (χ3n) is 6.72. The van der Waals surface area contributed by atoms with Gasteiger partial charge in [-0.1, -0.05) is 61.2 Å². The molecule has 0 bridgehead atoms. The Labute approximate surface area is 184 Å². The first-order valence-electron chi connectivity index (χ1n) is 11.6. The van der Waals surface area contributed by atoms with Crippen LogP contribution in [0, 0.1) is 12.8 Å². The fourth-order valence-electron chi connectivity index (χ4n) is 4.92. The van der Waals surface area contributed by atoms with E-state index < -0.39 is 0 Å². The minimum Gasteiger partial charge on any atom is -0.339 e. The highest BCUT2D eigenvalue weighted by molar-refractivity contribution is 5.93. The van der Waals surface area contributed by atoms with Crippen LogP contribution in [0.15, 0.2) is 48.5 Å². The second-order valence-corrected chi connectivity index (χ2v) is 8.91. The molecule has 1 aliphatic heterocycles. The smallest absolute Gasteiger partial charge is 0.226 e. The number of amides is 1. The number of anilines is 1. The summed E-state index contributed by atoms with van der Waals surface area (Å²) in [6.45, 7) is 5.18. The van der Waals surface area contributed by atoms with E-state index in [2.05, 4.69) is 47.1 Å². The Balaban J connectivity index is 1.40. The summed E-state index contributed by atoms with van der Waals surface area (Å²) in [5.41, 5.74) is 4.25. The number of hydrogen-bond donors (Lipinski definition) is 0. The van der Waals surface area contributed by atoms with Crippen molar-refractivity contribution < 1.29 is 4.79 Å². The molecule has 160 valence electrons. The molecule has 2 heterocycles. The number of rotatable bonds is 3. The predicted molar refractivity (Wildman–Crippen MR) is 125 cm³/mol. The first-order valence-corrected chi connectivity index (χ1v) is 11.6. The quantitative estimate of drug-likeness (QED) is 0.616. The van der Waals surface area contributed by atoms with Crippen LogP contribution in [0.1, 0.15) is 37.7 Å². The Bertz CT molecular complexity index is 1070. The fourth-order valence-corrected chi connectivity index (χ4v) is 4.92. The summed E-state index contributed by atoms with van der Waals surface area (Å²) >= 11 is 0. The minimum absolute atomic E-state index is 0.241. The molecule has 1 aliphatic carbocycles. The van der Waals surface area contributed by atoms with Crippen molar-refractivity contribution in [3.05, 3.63) is 54.1 Å². The molecular formula is C26H30N4O. The van der Waals surface area contributed by atoms with Crippen LogP contribution in [0.5, 0.6) is 0 Å². The van der Waals surface area contributed by atoms with E-state index >= 15 is 0 Å². The topological polar surface area (TPSA) is 49.3 Å². The number of nitrogens with zero attached hydrogens (tertiary/aromatic N) is 4. The van der Waals surface area contributed by atoms with Gasteiger partial charge < -0.3 is 9.80 Å². The number of aryl methyl sites for hydroxylation is 1. The molecule has 2 aliphatic rings. The van der Waals surface area contributed by atoms with E-state index in [1.807, 2.05) is 18.2 Å². The molecule has 3 aromatic rings. The molecule has 2 aromatic carbocycles. The minimum atomic E-state index is 0.241. The number of hydrogen-bond acceptors (Lipinski definition) is 4. The van der Waals surface area contributed by atoms with Crippen LogP contribution in [-0.2, 0) is 4.79 Å². The van der Waals surface area contributed by atoms with E-state index in [-0.39, 0.29) is 5.92 Å². The van der Waals surface area contributed by atoms with Crippen LogP contribution in [0.3, 0.4) is 0 Å². The summed E-state index contributed by atoms with van der Waals surface area (Å²) in [6, 6.07) is 16.7. The number of fused-ring (bicyclic) bond motifs is 1. The van der Waals surface area contributed by atoms with Crippen LogP contribution in [-0.4, -0.2) is 47.0 Å². The van der Waals surface area contributed by atoms with Crippen LogP contribution < -0.4 is 4.90 Å². The molecule has 2 fully saturated rings. The van der Waals surface area contributed by atoms with Gasteiger partial charge in [0.15, 0.2) is 0 Å². The molecule has 0 radical (unpaired) electrons. The molecule has 1 amide bonds. The van der Waals surface area contributed by atoms with Crippen LogP contribution >= 0.6 is 0 Å². The molecule has 5 heteroatoms. The lowest BCUT2D eigenvalue weighted by Crippen LogP contribution is -2.51. The summed E-state index contributed by atoms with van der Waals surface area (Å²) in [4.78, 5) is 27.1. The Hall–Kier alpha value is -2.95. The summed E-state index contributed by atoms with van der Waals surface area (Å²) in [5, 5.41) is 1.08. The highest BCUT2D eigenvalue weighted by Gasteiger charge is 2.29. The lowest BCUT2D eigenvalue weighted by molar-refractivity contribution is -0.136. The maximum absolute atomic E-state index is 12.9. The van der Waals surface area contributed by atoms with E-state index in [9.17, 15) is 4.79 Å². The molecule has 5 rings (SSSR count). The van der Waals surface area contributed by atoms with Gasteiger partial charge in [0.05, 0.1) is 11.2 Å². The average molecular weight is 415 g/mol. The van der Waals surface area contributed by atoms with Gasteiger partial charge in [0.1, 0.15) is 0 Å². The molecule has 0 spiro atoms. The largest absolute Gasteiger partial charge is 0.339 e. The standard InChI is InChI=1S/C26H30N4O/c1-19-12-13-23-22(18-19)24(20-8-4-2-5-9-20)28-26(27-23)30-16-14-29(15-17-30)25(31)21-10-6-3-7-11-21/h2,4-5,8-9,12-13,18,21H,3,6-7,10-11,14-17H2,1H3. The average Bonchev–Trinajstić information content (AvgIpc) is 2.84. The monoisotopic (exact) mass is 414 g/mol. The highest BCUT2D eigenvalue weighted by atomic mass is 16.2. The molecule has 0 unspecified atom stereocenters. The van der Waals surface area contributed by atoms with Gasteiger partial charge in [0.2, 0.25) is 11.9 Å². The van der Waals surface area contributed by atoms with E-state index in [0.29, 0.717) is 5.91 Å². The number of aromatic nitrogens is 2. The van der Waals surface area contributed by atoms with Gasteiger partial charge in [-0.3, -0.25) is 4.79 Å². The molecule has 1 aromatic heterocycles. The van der Waals surface area contributed by atoms with Crippen LogP contribution in [0.25, 0.3) is 22.2 Å². The van der Waals surface area contributed by atoms with Gasteiger partial charge >= 0.3 is 0 Å². The fraction of sp³-hybridized carbons (Fsp3) is 0.423. The molecular weight excluding hydrogens is 384 g/mol. The van der Waals surface area contributed by atoms with Crippen molar-refractivity contribution in [3.8, 4) is 11.3 Å². The molecule has 5 nitrogen and oxygen atoms in total. The van der Waals surface area contributed by atoms with Crippen molar-refractivity contribution in [1.29, 1.82) is 0 Å². The summed E-state index contributed by atoms with van der Waals surface area (Å²) in [6.07, 6.45) is 5.80. The predicted octanol–water partition coefficient (Wildman–Crippen LogP) is 4.83. The van der Waals surface area contributed by atoms with Crippen LogP contribution in [0.2, 0.25) is 0 Å². The maximum Gasteiger partial charge on any atom is 0.226 e.